The molecular weight excluding hydrogens is 408 g/mol. The van der Waals surface area contributed by atoms with Crippen molar-refractivity contribution in [2.24, 2.45) is 0 Å². The fraction of sp³-hybridized carbons (Fsp3) is 0.143. The van der Waals surface area contributed by atoms with Crippen LogP contribution in [-0.2, 0) is 11.2 Å². The van der Waals surface area contributed by atoms with E-state index in [1.807, 2.05) is 42.5 Å². The number of carbonyl (C=O) groups excluding carboxylic acids is 1. The van der Waals surface area contributed by atoms with E-state index in [1.165, 1.54) is 0 Å². The van der Waals surface area contributed by atoms with Crippen LogP contribution < -0.4 is 14.8 Å². The molecule has 0 saturated heterocycles. The van der Waals surface area contributed by atoms with Gasteiger partial charge in [-0.2, -0.15) is 0 Å². The Morgan fingerprint density at radius 1 is 1.04 bits per heavy atom. The van der Waals surface area contributed by atoms with E-state index >= 15 is 0 Å². The summed E-state index contributed by atoms with van der Waals surface area (Å²) in [5.74, 6) is 2.15. The van der Waals surface area contributed by atoms with Gasteiger partial charge in [-0.25, -0.2) is 0 Å². The molecule has 1 heterocycles. The molecule has 6 heteroatoms. The summed E-state index contributed by atoms with van der Waals surface area (Å²) in [6.45, 7) is 0. The molecule has 0 bridgehead atoms. The summed E-state index contributed by atoms with van der Waals surface area (Å²) < 4.78 is 11.8. The van der Waals surface area contributed by atoms with Crippen molar-refractivity contribution in [3.8, 4) is 17.2 Å². The zero-order valence-electron chi connectivity index (χ0n) is 14.8. The van der Waals surface area contributed by atoms with Crippen LogP contribution in [0.1, 0.15) is 12.0 Å². The number of hydrogen-bond acceptors (Lipinski definition) is 4. The van der Waals surface area contributed by atoms with Gasteiger partial charge in [-0.05, 0) is 76.4 Å². The van der Waals surface area contributed by atoms with E-state index in [4.69, 9.17) is 9.47 Å². The molecule has 27 heavy (non-hydrogen) atoms. The average molecular weight is 427 g/mol. The van der Waals surface area contributed by atoms with Gasteiger partial charge in [0.15, 0.2) is 0 Å². The number of pyridine rings is 1. The largest absolute Gasteiger partial charge is 0.496 e. The molecule has 2 aromatic carbocycles. The molecule has 0 radical (unpaired) electrons. The topological polar surface area (TPSA) is 60.5 Å². The van der Waals surface area contributed by atoms with E-state index in [0.29, 0.717) is 24.3 Å². The number of benzene rings is 2. The molecule has 0 unspecified atom stereocenters. The SMILES string of the molecule is COc1ccc(CCC(=O)Nc2ccc(Oc3ccncc3)cc2)cc1Br. The molecule has 3 aromatic rings. The maximum absolute atomic E-state index is 12.2. The zero-order valence-corrected chi connectivity index (χ0v) is 16.4. The maximum Gasteiger partial charge on any atom is 0.224 e. The number of methoxy groups -OCH3 is 1. The molecule has 0 aliphatic carbocycles. The summed E-state index contributed by atoms with van der Waals surface area (Å²) >= 11 is 3.46. The number of rotatable bonds is 7. The summed E-state index contributed by atoms with van der Waals surface area (Å²) in [5, 5.41) is 2.90. The van der Waals surface area contributed by atoms with Crippen LogP contribution in [0.5, 0.6) is 17.2 Å². The van der Waals surface area contributed by atoms with Crippen LogP contribution >= 0.6 is 15.9 Å². The lowest BCUT2D eigenvalue weighted by atomic mass is 10.1. The predicted octanol–water partition coefficient (Wildman–Crippen LogP) is 5.22. The van der Waals surface area contributed by atoms with Gasteiger partial charge in [0.05, 0.1) is 11.6 Å². The third kappa shape index (κ3) is 5.56. The van der Waals surface area contributed by atoms with Crippen LogP contribution in [0.4, 0.5) is 5.69 Å². The molecule has 0 saturated carbocycles. The molecule has 1 aromatic heterocycles. The number of aryl methyl sites for hydroxylation is 1. The lowest BCUT2D eigenvalue weighted by molar-refractivity contribution is -0.116. The van der Waals surface area contributed by atoms with Gasteiger partial charge in [0.25, 0.3) is 0 Å². The summed E-state index contributed by atoms with van der Waals surface area (Å²) in [7, 11) is 1.63. The van der Waals surface area contributed by atoms with Gasteiger partial charge < -0.3 is 14.8 Å². The smallest absolute Gasteiger partial charge is 0.224 e. The molecule has 0 aliphatic heterocycles. The van der Waals surface area contributed by atoms with Crippen molar-refractivity contribution in [1.29, 1.82) is 0 Å². The van der Waals surface area contributed by atoms with Crippen molar-refractivity contribution < 1.29 is 14.3 Å². The lowest BCUT2D eigenvalue weighted by Gasteiger charge is -2.09. The van der Waals surface area contributed by atoms with Crippen LogP contribution in [0.15, 0.2) is 71.5 Å². The Hall–Kier alpha value is -2.86. The second kappa shape index (κ2) is 9.19. The minimum absolute atomic E-state index is 0.0373. The summed E-state index contributed by atoms with van der Waals surface area (Å²) in [6.07, 6.45) is 4.39. The zero-order chi connectivity index (χ0) is 19.1. The number of nitrogens with zero attached hydrogens (tertiary/aromatic N) is 1. The number of halogens is 1. The first-order valence-corrected chi connectivity index (χ1v) is 9.23. The highest BCUT2D eigenvalue weighted by Crippen LogP contribution is 2.26. The Bertz CT molecular complexity index is 899. The first kappa shape index (κ1) is 18.9. The Kier molecular flexibility index (Phi) is 6.44. The first-order chi connectivity index (χ1) is 13.1. The fourth-order valence-electron chi connectivity index (χ4n) is 2.50. The monoisotopic (exact) mass is 426 g/mol. The fourth-order valence-corrected chi connectivity index (χ4v) is 3.08. The van der Waals surface area contributed by atoms with Gasteiger partial charge in [-0.1, -0.05) is 6.07 Å². The molecule has 1 amide bonds. The number of nitrogens with one attached hydrogen (secondary N) is 1. The van der Waals surface area contributed by atoms with Gasteiger partial charge in [0.2, 0.25) is 5.91 Å². The minimum Gasteiger partial charge on any atom is -0.496 e. The Morgan fingerprint density at radius 3 is 2.41 bits per heavy atom. The van der Waals surface area contributed by atoms with Gasteiger partial charge in [0.1, 0.15) is 17.2 Å². The number of hydrogen-bond donors (Lipinski definition) is 1. The third-order valence-corrected chi connectivity index (χ3v) is 4.50. The number of aromatic nitrogens is 1. The maximum atomic E-state index is 12.2. The van der Waals surface area contributed by atoms with Gasteiger partial charge in [0, 0.05) is 24.5 Å². The highest BCUT2D eigenvalue weighted by Gasteiger charge is 2.06. The summed E-state index contributed by atoms with van der Waals surface area (Å²) in [6, 6.07) is 16.7. The summed E-state index contributed by atoms with van der Waals surface area (Å²) in [5.41, 5.74) is 1.80. The van der Waals surface area contributed by atoms with Crippen LogP contribution in [0.3, 0.4) is 0 Å². The molecule has 5 nitrogen and oxygen atoms in total. The van der Waals surface area contributed by atoms with Gasteiger partial charge >= 0.3 is 0 Å². The van der Waals surface area contributed by atoms with E-state index in [2.05, 4.69) is 26.2 Å². The molecule has 3 rings (SSSR count). The van der Waals surface area contributed by atoms with E-state index in [-0.39, 0.29) is 5.91 Å². The molecule has 138 valence electrons. The van der Waals surface area contributed by atoms with Crippen LogP contribution in [0.2, 0.25) is 0 Å². The lowest BCUT2D eigenvalue weighted by Crippen LogP contribution is -2.12. The Morgan fingerprint density at radius 2 is 1.74 bits per heavy atom. The Labute approximate surface area is 166 Å². The van der Waals surface area contributed by atoms with Gasteiger partial charge in [-0.3, -0.25) is 9.78 Å². The van der Waals surface area contributed by atoms with Crippen LogP contribution in [0, 0.1) is 0 Å². The van der Waals surface area contributed by atoms with Crippen molar-refractivity contribution >= 4 is 27.5 Å². The van der Waals surface area contributed by atoms with Crippen molar-refractivity contribution in [2.75, 3.05) is 12.4 Å². The molecule has 0 fully saturated rings. The Balaban J connectivity index is 1.51. The quantitative estimate of drug-likeness (QED) is 0.562. The second-order valence-corrected chi connectivity index (χ2v) is 6.68. The number of amides is 1. The van der Waals surface area contributed by atoms with Crippen LogP contribution in [-0.4, -0.2) is 18.0 Å². The predicted molar refractivity (Wildman–Crippen MR) is 108 cm³/mol. The number of anilines is 1. The number of ether oxygens (including phenoxy) is 2. The van der Waals surface area contributed by atoms with Gasteiger partial charge in [-0.15, -0.1) is 0 Å². The molecule has 0 aliphatic rings. The first-order valence-electron chi connectivity index (χ1n) is 8.44. The normalized spacial score (nSPS) is 10.3. The minimum atomic E-state index is -0.0373. The highest BCUT2D eigenvalue weighted by atomic mass is 79.9. The van der Waals surface area contributed by atoms with Crippen LogP contribution in [0.25, 0.3) is 0 Å². The van der Waals surface area contributed by atoms with Crippen molar-refractivity contribution in [3.05, 3.63) is 77.0 Å². The van der Waals surface area contributed by atoms with Crippen molar-refractivity contribution in [2.45, 2.75) is 12.8 Å². The second-order valence-electron chi connectivity index (χ2n) is 5.83. The van der Waals surface area contributed by atoms with Crippen molar-refractivity contribution in [3.63, 3.8) is 0 Å². The highest BCUT2D eigenvalue weighted by molar-refractivity contribution is 9.10. The molecular formula is C21H19BrN2O3. The average Bonchev–Trinajstić information content (AvgIpc) is 2.69. The van der Waals surface area contributed by atoms with Crippen molar-refractivity contribution in [1.82, 2.24) is 4.98 Å². The molecule has 0 spiro atoms. The van der Waals surface area contributed by atoms with E-state index < -0.39 is 0 Å². The molecule has 1 N–H and O–H groups in total. The van der Waals surface area contributed by atoms with E-state index in [0.717, 1.165) is 21.5 Å². The molecule has 0 atom stereocenters. The van der Waals surface area contributed by atoms with E-state index in [1.54, 1.807) is 31.6 Å². The third-order valence-electron chi connectivity index (χ3n) is 3.88. The standard InChI is InChI=1S/C21H19BrN2O3/c1-26-20-8-2-15(14-19(20)22)3-9-21(25)24-16-4-6-17(7-5-16)27-18-10-12-23-13-11-18/h2,4-8,10-14H,3,9H2,1H3,(H,24,25). The number of carbonyl (C=O) groups is 1. The van der Waals surface area contributed by atoms with E-state index in [9.17, 15) is 4.79 Å². The summed E-state index contributed by atoms with van der Waals surface area (Å²) in [4.78, 5) is 16.1.